The van der Waals surface area contributed by atoms with Crippen LogP contribution in [0, 0.1) is 11.3 Å². The van der Waals surface area contributed by atoms with Crippen molar-refractivity contribution in [3.05, 3.63) is 84.2 Å². The molecule has 1 aromatic heterocycles. The number of carbonyl (C=O) groups excluding carboxylic acids is 1. The number of imidazole rings is 1. The molecule has 0 aliphatic rings. The van der Waals surface area contributed by atoms with Gasteiger partial charge in [0.1, 0.15) is 6.20 Å². The second-order valence-electron chi connectivity index (χ2n) is 9.83. The Hall–Kier alpha value is -4.82. The van der Waals surface area contributed by atoms with Crippen LogP contribution in [0.5, 0.6) is 17.2 Å². The van der Waals surface area contributed by atoms with Crippen LogP contribution in [0.3, 0.4) is 0 Å². The van der Waals surface area contributed by atoms with Crippen LogP contribution in [0.2, 0.25) is 0 Å². The van der Waals surface area contributed by atoms with E-state index in [1.165, 1.54) is 6.92 Å². The minimum absolute atomic E-state index is 0. The molecule has 232 valence electrons. The first-order valence-electron chi connectivity index (χ1n) is 13.5. The van der Waals surface area contributed by atoms with E-state index in [0.717, 1.165) is 22.5 Å². The van der Waals surface area contributed by atoms with E-state index in [1.807, 2.05) is 116 Å². The first-order chi connectivity index (χ1) is 20.7. The van der Waals surface area contributed by atoms with E-state index >= 15 is 0 Å². The summed E-state index contributed by atoms with van der Waals surface area (Å²) in [5, 5.41) is 12.1. The van der Waals surface area contributed by atoms with Gasteiger partial charge in [0.2, 0.25) is 11.5 Å². The molecule has 1 heterocycles. The molecular formula is C33H39BrN6O4. The van der Waals surface area contributed by atoms with Crippen molar-refractivity contribution in [2.75, 3.05) is 59.3 Å². The van der Waals surface area contributed by atoms with Crippen LogP contribution in [0.4, 0.5) is 11.4 Å². The van der Waals surface area contributed by atoms with Gasteiger partial charge in [0.25, 0.3) is 0 Å². The predicted molar refractivity (Wildman–Crippen MR) is 170 cm³/mol. The van der Waals surface area contributed by atoms with Gasteiger partial charge in [-0.15, -0.1) is 4.68 Å². The third-order valence-electron chi connectivity index (χ3n) is 6.56. The number of hydrogen-bond donors (Lipinski definition) is 0. The molecule has 0 fully saturated rings. The van der Waals surface area contributed by atoms with Crippen LogP contribution >= 0.6 is 0 Å². The highest BCUT2D eigenvalue weighted by Crippen LogP contribution is 2.40. The molecule has 10 nitrogen and oxygen atoms in total. The Morgan fingerprint density at radius 3 is 1.86 bits per heavy atom. The Labute approximate surface area is 270 Å². The van der Waals surface area contributed by atoms with Gasteiger partial charge in [-0.25, -0.2) is 4.57 Å². The number of nitrogens with zero attached hydrogens (tertiary/aromatic N) is 6. The number of nitriles is 1. The van der Waals surface area contributed by atoms with E-state index in [9.17, 15) is 4.79 Å². The second-order valence-corrected chi connectivity index (χ2v) is 9.83. The summed E-state index contributed by atoms with van der Waals surface area (Å²) in [5.41, 5.74) is 4.45. The van der Waals surface area contributed by atoms with E-state index in [-0.39, 0.29) is 29.3 Å². The van der Waals surface area contributed by atoms with Crippen LogP contribution in [-0.4, -0.2) is 66.2 Å². The monoisotopic (exact) mass is 662 g/mol. The van der Waals surface area contributed by atoms with Crippen molar-refractivity contribution in [3.8, 4) is 34.7 Å². The Balaban J connectivity index is 0.00000162. The lowest BCUT2D eigenvalue weighted by Crippen LogP contribution is -3.00. The summed E-state index contributed by atoms with van der Waals surface area (Å²) in [7, 11) is 12.7. The van der Waals surface area contributed by atoms with E-state index in [0.29, 0.717) is 28.6 Å². The van der Waals surface area contributed by atoms with Crippen LogP contribution in [-0.2, 0) is 6.54 Å². The third-order valence-corrected chi connectivity index (χ3v) is 6.56. The fourth-order valence-corrected chi connectivity index (χ4v) is 4.32. The molecule has 0 saturated carbocycles. The van der Waals surface area contributed by atoms with Crippen molar-refractivity contribution in [2.45, 2.75) is 13.5 Å². The number of carbonyl (C=O) groups is 1. The molecule has 11 heteroatoms. The van der Waals surface area contributed by atoms with Gasteiger partial charge in [-0.3, -0.25) is 4.79 Å². The summed E-state index contributed by atoms with van der Waals surface area (Å²) in [6.07, 6.45) is 5.45. The van der Waals surface area contributed by atoms with Crippen molar-refractivity contribution in [1.82, 2.24) is 4.68 Å². The van der Waals surface area contributed by atoms with Gasteiger partial charge in [0.05, 0.1) is 39.2 Å². The number of aromatic nitrogens is 2. The maximum Gasteiger partial charge on any atom is 0.315 e. The summed E-state index contributed by atoms with van der Waals surface area (Å²) in [6.45, 7) is 1.55. The SMILES string of the molecule is CC#N.COc1cc(-c2n(N=Cc3ccc(N(C)C)cc3)cc[n+]2CC(=O)c2ccc(N(C)C)cc2)cc(OC)c1OC.[Br-]. The first-order valence-corrected chi connectivity index (χ1v) is 13.5. The van der Waals surface area contributed by atoms with Gasteiger partial charge in [-0.05, 0) is 54.1 Å². The minimum Gasteiger partial charge on any atom is -1.00 e. The molecule has 0 unspecified atom stereocenters. The zero-order chi connectivity index (χ0) is 31.5. The van der Waals surface area contributed by atoms with Gasteiger partial charge in [-0.1, -0.05) is 17.2 Å². The van der Waals surface area contributed by atoms with E-state index in [1.54, 1.807) is 38.3 Å². The lowest BCUT2D eigenvalue weighted by molar-refractivity contribution is -0.671. The number of ether oxygens (including phenoxy) is 3. The second kappa shape index (κ2) is 16.7. The topological polar surface area (TPSA) is 96.2 Å². The molecule has 0 N–H and O–H groups in total. The molecule has 0 aliphatic carbocycles. The summed E-state index contributed by atoms with van der Waals surface area (Å²) in [4.78, 5) is 17.4. The number of methoxy groups -OCH3 is 3. The Morgan fingerprint density at radius 1 is 0.909 bits per heavy atom. The molecule has 0 spiro atoms. The van der Waals surface area contributed by atoms with Crippen LogP contribution in [0.1, 0.15) is 22.8 Å². The molecule has 0 radical (unpaired) electrons. The third kappa shape index (κ3) is 8.61. The molecule has 0 bridgehead atoms. The zero-order valence-corrected chi connectivity index (χ0v) is 28.0. The lowest BCUT2D eigenvalue weighted by atomic mass is 10.1. The first kappa shape index (κ1) is 35.4. The van der Waals surface area contributed by atoms with Crippen molar-refractivity contribution in [2.24, 2.45) is 5.10 Å². The van der Waals surface area contributed by atoms with Crippen molar-refractivity contribution in [1.29, 1.82) is 5.26 Å². The molecule has 4 rings (SSSR count). The Kier molecular flexibility index (Phi) is 13.4. The van der Waals surface area contributed by atoms with Gasteiger partial charge < -0.3 is 41.0 Å². The molecule has 0 aliphatic heterocycles. The number of benzene rings is 3. The summed E-state index contributed by atoms with van der Waals surface area (Å²) in [6, 6.07) is 21.1. The normalized spacial score (nSPS) is 10.2. The average Bonchev–Trinajstić information content (AvgIpc) is 3.41. The molecule has 3 aromatic carbocycles. The molecule has 0 atom stereocenters. The molecule has 4 aromatic rings. The van der Waals surface area contributed by atoms with Gasteiger partial charge >= 0.3 is 5.82 Å². The van der Waals surface area contributed by atoms with Crippen LogP contribution in [0.15, 0.2) is 78.2 Å². The summed E-state index contributed by atoms with van der Waals surface area (Å²) >= 11 is 0. The highest BCUT2D eigenvalue weighted by atomic mass is 79.9. The van der Waals surface area contributed by atoms with Gasteiger partial charge in [-0.2, -0.15) is 5.26 Å². The van der Waals surface area contributed by atoms with Gasteiger partial charge in [0, 0.05) is 52.1 Å². The minimum atomic E-state index is -0.0231. The van der Waals surface area contributed by atoms with E-state index < -0.39 is 0 Å². The van der Waals surface area contributed by atoms with Crippen molar-refractivity contribution < 1.29 is 40.6 Å². The quantitative estimate of drug-likeness (QED) is 0.138. The predicted octanol–water partition coefficient (Wildman–Crippen LogP) is 1.90. The number of Topliss-reactive ketones (excluding diaryl/α,β-unsaturated/α-hetero) is 1. The van der Waals surface area contributed by atoms with Crippen molar-refractivity contribution >= 4 is 23.4 Å². The zero-order valence-electron chi connectivity index (χ0n) is 26.4. The number of rotatable bonds is 11. The molecule has 0 saturated heterocycles. The standard InChI is InChI=1S/C31H36N5O4.C2H3N.BrH/c1-33(2)25-12-8-22(9-13-25)20-32-36-17-16-35(21-27(37)23-10-14-26(15-11-23)34(3)4)31(36)24-18-28(38-5)30(40-7)29(19-24)39-6;1-2-3;/h8-20H,21H2,1-7H3;1H3;1H/q+1;;/p-1. The number of halogens is 1. The van der Waals surface area contributed by atoms with E-state index in [4.69, 9.17) is 24.6 Å². The largest absolute Gasteiger partial charge is 1.00 e. The maximum atomic E-state index is 13.3. The lowest BCUT2D eigenvalue weighted by Gasteiger charge is -2.13. The van der Waals surface area contributed by atoms with E-state index in [2.05, 4.69) is 0 Å². The van der Waals surface area contributed by atoms with Gasteiger partial charge in [0.15, 0.2) is 24.2 Å². The maximum absolute atomic E-state index is 13.3. The highest BCUT2D eigenvalue weighted by Gasteiger charge is 2.26. The number of ketones is 1. The average molecular weight is 664 g/mol. The van der Waals surface area contributed by atoms with Crippen LogP contribution in [0.25, 0.3) is 11.4 Å². The fraction of sp³-hybridized carbons (Fsp3) is 0.273. The smallest absolute Gasteiger partial charge is 0.315 e. The Morgan fingerprint density at radius 2 is 1.41 bits per heavy atom. The number of anilines is 2. The summed E-state index contributed by atoms with van der Waals surface area (Å²) in [5.74, 6) is 2.15. The van der Waals surface area contributed by atoms with Crippen molar-refractivity contribution in [3.63, 3.8) is 0 Å². The molecule has 0 amide bonds. The fourth-order valence-electron chi connectivity index (χ4n) is 4.32. The summed E-state index contributed by atoms with van der Waals surface area (Å²) < 4.78 is 20.3. The Bertz CT molecular complexity index is 1570. The van der Waals surface area contributed by atoms with Crippen LogP contribution < -0.4 is 45.6 Å². The number of hydrogen-bond acceptors (Lipinski definition) is 8. The molecular weight excluding hydrogens is 624 g/mol. The molecule has 44 heavy (non-hydrogen) atoms. The highest BCUT2D eigenvalue weighted by molar-refractivity contribution is 5.95.